The summed E-state index contributed by atoms with van der Waals surface area (Å²) in [7, 11) is 3.54. The van der Waals surface area contributed by atoms with E-state index in [2.05, 4.69) is 32.6 Å². The zero-order chi connectivity index (χ0) is 13.1. The maximum atomic E-state index is 11.3. The number of furan rings is 1. The molecule has 4 nitrogen and oxygen atoms in total. The van der Waals surface area contributed by atoms with Gasteiger partial charge in [-0.25, -0.2) is 4.79 Å². The van der Waals surface area contributed by atoms with Crippen LogP contribution < -0.4 is 0 Å². The molecule has 0 fully saturated rings. The monoisotopic (exact) mass is 240 g/mol. The molecule has 4 heteroatoms. The molecule has 0 aliphatic heterocycles. The van der Waals surface area contributed by atoms with E-state index in [1.54, 1.807) is 6.07 Å². The lowest BCUT2D eigenvalue weighted by atomic mass is 10.2. The van der Waals surface area contributed by atoms with Crippen LogP contribution in [0.25, 0.3) is 0 Å². The molecule has 0 N–H and O–H groups in total. The predicted octanol–water partition coefficient (Wildman–Crippen LogP) is 2.61. The van der Waals surface area contributed by atoms with E-state index in [4.69, 9.17) is 4.42 Å². The lowest BCUT2D eigenvalue weighted by Crippen LogP contribution is -2.45. The fourth-order valence-corrected chi connectivity index (χ4v) is 1.87. The first-order valence-corrected chi connectivity index (χ1v) is 6.00. The van der Waals surface area contributed by atoms with Gasteiger partial charge in [-0.05, 0) is 32.9 Å². The van der Waals surface area contributed by atoms with Crippen molar-refractivity contribution < 1.29 is 18.4 Å². The number of carbonyl (C=O) groups excluding carboxylic acids is 1. The molecule has 1 rings (SSSR count). The number of esters is 1. The molecule has 1 aromatic heterocycles. The predicted molar refractivity (Wildman–Crippen MR) is 65.7 cm³/mol. The third-order valence-corrected chi connectivity index (χ3v) is 3.80. The van der Waals surface area contributed by atoms with Gasteiger partial charge in [-0.3, -0.25) is 0 Å². The van der Waals surface area contributed by atoms with Crippen LogP contribution in [-0.4, -0.2) is 37.7 Å². The number of carbonyl (C=O) groups is 1. The molecule has 0 saturated carbocycles. The Morgan fingerprint density at radius 2 is 2.00 bits per heavy atom. The van der Waals surface area contributed by atoms with Gasteiger partial charge in [0, 0.05) is 0 Å². The molecular formula is C13H22NO3+. The summed E-state index contributed by atoms with van der Waals surface area (Å²) in [6.45, 7) is 8.47. The van der Waals surface area contributed by atoms with Gasteiger partial charge in [-0.2, -0.15) is 0 Å². The lowest BCUT2D eigenvalue weighted by Gasteiger charge is -2.37. The third kappa shape index (κ3) is 2.69. The fraction of sp³-hybridized carbons (Fsp3) is 0.615. The van der Waals surface area contributed by atoms with E-state index in [0.29, 0.717) is 0 Å². The highest BCUT2D eigenvalue weighted by Gasteiger charge is 2.30. The highest BCUT2D eigenvalue weighted by atomic mass is 16.5. The average molecular weight is 240 g/mol. The molecule has 1 atom stereocenters. The smallest absolute Gasteiger partial charge is 0.373 e. The first-order chi connectivity index (χ1) is 7.98. The molecule has 0 aliphatic carbocycles. The Balaban J connectivity index is 2.93. The van der Waals surface area contributed by atoms with Crippen LogP contribution >= 0.6 is 0 Å². The van der Waals surface area contributed by atoms with Gasteiger partial charge < -0.3 is 13.6 Å². The van der Waals surface area contributed by atoms with Crippen LogP contribution in [0.3, 0.4) is 0 Å². The third-order valence-electron chi connectivity index (χ3n) is 3.80. The second-order valence-electron chi connectivity index (χ2n) is 4.48. The van der Waals surface area contributed by atoms with Crippen LogP contribution in [-0.2, 0) is 4.74 Å². The molecule has 0 unspecified atom stereocenters. The maximum absolute atomic E-state index is 11.3. The van der Waals surface area contributed by atoms with Crippen molar-refractivity contribution >= 4 is 5.97 Å². The van der Waals surface area contributed by atoms with Crippen molar-refractivity contribution in [2.24, 2.45) is 0 Å². The van der Waals surface area contributed by atoms with Gasteiger partial charge in [0.1, 0.15) is 6.04 Å². The largest absolute Gasteiger partial charge is 0.463 e. The van der Waals surface area contributed by atoms with E-state index in [9.17, 15) is 4.79 Å². The average Bonchev–Trinajstić information content (AvgIpc) is 2.85. The van der Waals surface area contributed by atoms with Gasteiger partial charge in [0.05, 0.1) is 27.2 Å². The van der Waals surface area contributed by atoms with Crippen molar-refractivity contribution in [1.29, 1.82) is 0 Å². The quantitative estimate of drug-likeness (QED) is 0.586. The minimum atomic E-state index is -0.425. The minimum Gasteiger partial charge on any atom is -0.463 e. The summed E-state index contributed by atoms with van der Waals surface area (Å²) in [4.78, 5) is 11.3. The summed E-state index contributed by atoms with van der Waals surface area (Å²) in [6, 6.07) is 3.76. The molecule has 1 heterocycles. The Bertz CT molecular complexity index is 380. The highest BCUT2D eigenvalue weighted by Crippen LogP contribution is 2.27. The van der Waals surface area contributed by atoms with Gasteiger partial charge >= 0.3 is 5.97 Å². The second-order valence-corrected chi connectivity index (χ2v) is 4.48. The van der Waals surface area contributed by atoms with Crippen molar-refractivity contribution in [3.05, 3.63) is 23.7 Å². The molecule has 0 amide bonds. The van der Waals surface area contributed by atoms with Crippen LogP contribution in [0.5, 0.6) is 0 Å². The van der Waals surface area contributed by atoms with Crippen molar-refractivity contribution in [2.75, 3.05) is 27.2 Å². The Kier molecular flexibility index (Phi) is 4.34. The van der Waals surface area contributed by atoms with Crippen LogP contribution in [0.2, 0.25) is 0 Å². The number of rotatable bonds is 5. The molecule has 0 aromatic carbocycles. The molecule has 1 aromatic rings. The molecule has 96 valence electrons. The van der Waals surface area contributed by atoms with Gasteiger partial charge in [0.2, 0.25) is 5.76 Å². The summed E-state index contributed by atoms with van der Waals surface area (Å²) in [5, 5.41) is 0. The van der Waals surface area contributed by atoms with Gasteiger partial charge in [0.15, 0.2) is 5.76 Å². The summed E-state index contributed by atoms with van der Waals surface area (Å²) < 4.78 is 11.1. The van der Waals surface area contributed by atoms with E-state index in [-0.39, 0.29) is 11.8 Å². The molecule has 0 spiro atoms. The lowest BCUT2D eigenvalue weighted by molar-refractivity contribution is -0.935. The first-order valence-electron chi connectivity index (χ1n) is 6.00. The van der Waals surface area contributed by atoms with E-state index in [1.165, 1.54) is 7.11 Å². The molecule has 0 aliphatic rings. The number of quaternary nitrogens is 1. The van der Waals surface area contributed by atoms with Crippen molar-refractivity contribution in [2.45, 2.75) is 26.8 Å². The SMILES string of the molecule is CC[N+](C)(CC)[C@H](C)c1ccc(C(=O)OC)o1. The Morgan fingerprint density at radius 1 is 1.41 bits per heavy atom. The van der Waals surface area contributed by atoms with E-state index in [1.807, 2.05) is 6.07 Å². The van der Waals surface area contributed by atoms with Gasteiger partial charge in [-0.15, -0.1) is 0 Å². The van der Waals surface area contributed by atoms with E-state index < -0.39 is 5.97 Å². The topological polar surface area (TPSA) is 39.4 Å². The highest BCUT2D eigenvalue weighted by molar-refractivity contribution is 5.86. The number of hydrogen-bond donors (Lipinski definition) is 0. The number of methoxy groups -OCH3 is 1. The maximum Gasteiger partial charge on any atom is 0.373 e. The number of ether oxygens (including phenoxy) is 1. The molecular weight excluding hydrogens is 218 g/mol. The van der Waals surface area contributed by atoms with Crippen LogP contribution in [0.4, 0.5) is 0 Å². The Hall–Kier alpha value is -1.29. The number of hydrogen-bond acceptors (Lipinski definition) is 3. The van der Waals surface area contributed by atoms with Crippen LogP contribution in [0, 0.1) is 0 Å². The first kappa shape index (κ1) is 13.8. The van der Waals surface area contributed by atoms with Gasteiger partial charge in [0.25, 0.3) is 0 Å². The van der Waals surface area contributed by atoms with E-state index >= 15 is 0 Å². The Morgan fingerprint density at radius 3 is 2.47 bits per heavy atom. The summed E-state index contributed by atoms with van der Waals surface area (Å²) in [5.74, 6) is 0.676. The van der Waals surface area contributed by atoms with Crippen molar-refractivity contribution in [3.63, 3.8) is 0 Å². The molecule has 0 bridgehead atoms. The normalized spacial score (nSPS) is 13.5. The second kappa shape index (κ2) is 5.36. The minimum absolute atomic E-state index is 0.225. The van der Waals surface area contributed by atoms with Gasteiger partial charge in [-0.1, -0.05) is 0 Å². The van der Waals surface area contributed by atoms with E-state index in [0.717, 1.165) is 23.3 Å². The number of nitrogens with zero attached hydrogens (tertiary/aromatic N) is 1. The van der Waals surface area contributed by atoms with Crippen LogP contribution in [0.1, 0.15) is 43.1 Å². The molecule has 0 radical (unpaired) electrons. The van der Waals surface area contributed by atoms with Crippen LogP contribution in [0.15, 0.2) is 16.5 Å². The Labute approximate surface area is 103 Å². The van der Waals surface area contributed by atoms with Crippen molar-refractivity contribution in [3.8, 4) is 0 Å². The zero-order valence-corrected chi connectivity index (χ0v) is 11.3. The van der Waals surface area contributed by atoms with Crippen molar-refractivity contribution in [1.82, 2.24) is 0 Å². The molecule has 0 saturated heterocycles. The summed E-state index contributed by atoms with van der Waals surface area (Å²) in [6.07, 6.45) is 0. The zero-order valence-electron chi connectivity index (χ0n) is 11.3. The summed E-state index contributed by atoms with van der Waals surface area (Å²) >= 11 is 0. The summed E-state index contributed by atoms with van der Waals surface area (Å²) in [5.41, 5.74) is 0. The molecule has 17 heavy (non-hydrogen) atoms. The fourth-order valence-electron chi connectivity index (χ4n) is 1.87. The standard InChI is InChI=1S/C13H22NO3/c1-6-14(4,7-2)10(3)11-8-9-12(17-11)13(15)16-5/h8-10H,6-7H2,1-5H3/q+1/t10-/m1/s1.